The third kappa shape index (κ3) is 5.50. The Morgan fingerprint density at radius 3 is 2.34 bits per heavy atom. The van der Waals surface area contributed by atoms with Crippen molar-refractivity contribution in [2.24, 2.45) is 28.1 Å². The lowest BCUT2D eigenvalue weighted by Crippen LogP contribution is -2.53. The number of fused-ring (bicyclic) bond motifs is 2. The maximum Gasteiger partial charge on any atom is 0.309 e. The summed E-state index contributed by atoms with van der Waals surface area (Å²) >= 11 is 0. The van der Waals surface area contributed by atoms with E-state index in [4.69, 9.17) is 9.47 Å². The molecule has 0 spiro atoms. The largest absolute Gasteiger partial charge is 0.496 e. The Balaban J connectivity index is 1.33. The second-order valence-corrected chi connectivity index (χ2v) is 13.9. The topological polar surface area (TPSA) is 138 Å². The van der Waals surface area contributed by atoms with Gasteiger partial charge in [-0.15, -0.1) is 0 Å². The maximum atomic E-state index is 13.8. The lowest BCUT2D eigenvalue weighted by molar-refractivity contribution is -0.150. The van der Waals surface area contributed by atoms with E-state index >= 15 is 0 Å². The predicted octanol–water partition coefficient (Wildman–Crippen LogP) is 4.82. The molecule has 0 aromatic heterocycles. The number of aliphatic carboxylic acids is 1. The molecule has 4 aliphatic carbocycles. The van der Waals surface area contributed by atoms with Gasteiger partial charge >= 0.3 is 5.97 Å². The summed E-state index contributed by atoms with van der Waals surface area (Å²) in [7, 11) is 1.46. The summed E-state index contributed by atoms with van der Waals surface area (Å²) in [4.78, 5) is 39.0. The molecule has 4 fully saturated rings. The number of hydrogen-bond donors (Lipinski definition) is 3. The molecular weight excluding hydrogens is 522 g/mol. The number of rotatable bonds is 9. The maximum absolute atomic E-state index is 13.8. The molecule has 0 heterocycles. The van der Waals surface area contributed by atoms with Gasteiger partial charge in [-0.1, -0.05) is 20.3 Å². The van der Waals surface area contributed by atoms with Crippen molar-refractivity contribution in [2.45, 2.75) is 97.1 Å². The molecule has 4 atom stereocenters. The zero-order valence-electron chi connectivity index (χ0n) is 24.7. The zero-order chi connectivity index (χ0) is 29.6. The molecule has 9 heteroatoms. The first-order chi connectivity index (χ1) is 19.4. The first kappa shape index (κ1) is 29.2. The minimum absolute atomic E-state index is 0.0228. The van der Waals surface area contributed by atoms with Crippen LogP contribution in [0.25, 0.3) is 0 Å². The number of nitrogens with one attached hydrogen (secondary N) is 2. The van der Waals surface area contributed by atoms with E-state index in [-0.39, 0.29) is 69.3 Å². The molecule has 4 saturated carbocycles. The molecule has 1 aromatic carbocycles. The molecule has 0 aliphatic heterocycles. The zero-order valence-corrected chi connectivity index (χ0v) is 24.7. The van der Waals surface area contributed by atoms with Crippen LogP contribution < -0.4 is 20.1 Å². The van der Waals surface area contributed by atoms with Gasteiger partial charge in [-0.25, -0.2) is 0 Å². The number of nitriles is 1. The normalized spacial score (nSPS) is 33.2. The van der Waals surface area contributed by atoms with E-state index in [0.29, 0.717) is 32.2 Å². The Bertz CT molecular complexity index is 1260. The van der Waals surface area contributed by atoms with Crippen LogP contribution in [-0.2, 0) is 9.59 Å². The van der Waals surface area contributed by atoms with Crippen LogP contribution in [0.2, 0.25) is 0 Å². The lowest BCUT2D eigenvalue weighted by Gasteiger charge is -2.40. The quantitative estimate of drug-likeness (QED) is 0.390. The summed E-state index contributed by atoms with van der Waals surface area (Å²) in [5.41, 5.74) is -0.259. The van der Waals surface area contributed by atoms with Crippen LogP contribution in [0.4, 0.5) is 0 Å². The molecule has 1 aromatic rings. The SMILES string of the molecule is COc1cc(C#N)c(O[C@H]2CC[C@@](C)(C(=O)O)CC2)cc1C(=O)N[C@@H]1[C@@H]2CC[C@@](C)(C2)[C@@H]1C(=O)NCC1(C)CCC1. The van der Waals surface area contributed by atoms with Gasteiger partial charge < -0.3 is 25.2 Å². The summed E-state index contributed by atoms with van der Waals surface area (Å²) < 4.78 is 11.7. The standard InChI is InChI=1S/C32H43N3O6/c1-30(9-5-10-30)18-34-28(37)25-26(19-6-11-32(25,3)16-19)35-27(36)22-15-23(20(17-33)14-24(22)40-4)41-21-7-12-31(2,13-8-21)29(38)39/h14-15,19,21,25-26H,5-13,16,18H2,1-4H3,(H,34,37)(H,35,36)(H,38,39)/t19-,21-,25+,26-,31+,32+/m1/s1. The number of carbonyl (C=O) groups excluding carboxylic acids is 2. The fourth-order valence-corrected chi connectivity index (χ4v) is 7.72. The van der Waals surface area contributed by atoms with E-state index in [1.807, 2.05) is 0 Å². The van der Waals surface area contributed by atoms with E-state index in [1.165, 1.54) is 19.6 Å². The number of methoxy groups -OCH3 is 1. The minimum atomic E-state index is -0.809. The van der Waals surface area contributed by atoms with Crippen LogP contribution >= 0.6 is 0 Å². The van der Waals surface area contributed by atoms with Crippen molar-refractivity contribution in [1.82, 2.24) is 10.6 Å². The molecule has 0 unspecified atom stereocenters. The highest BCUT2D eigenvalue weighted by Crippen LogP contribution is 2.57. The number of ether oxygens (including phenoxy) is 2. The molecule has 2 amide bonds. The molecule has 222 valence electrons. The summed E-state index contributed by atoms with van der Waals surface area (Å²) in [5, 5.41) is 25.8. The van der Waals surface area contributed by atoms with Crippen molar-refractivity contribution in [3.05, 3.63) is 23.3 Å². The van der Waals surface area contributed by atoms with Crippen molar-refractivity contribution in [1.29, 1.82) is 5.26 Å². The number of carboxylic acids is 1. The fourth-order valence-electron chi connectivity index (χ4n) is 7.72. The van der Waals surface area contributed by atoms with Gasteiger partial charge in [-0.05, 0) is 87.5 Å². The molecule has 4 aliphatic rings. The highest BCUT2D eigenvalue weighted by molar-refractivity contribution is 5.98. The monoisotopic (exact) mass is 565 g/mol. The Hall–Kier alpha value is -3.28. The van der Waals surface area contributed by atoms with E-state index in [1.54, 1.807) is 13.0 Å². The van der Waals surface area contributed by atoms with Crippen molar-refractivity contribution in [3.8, 4) is 17.6 Å². The van der Waals surface area contributed by atoms with Gasteiger partial charge in [-0.3, -0.25) is 14.4 Å². The third-order valence-electron chi connectivity index (χ3n) is 10.8. The first-order valence-electron chi connectivity index (χ1n) is 15.0. The number of hydrogen-bond acceptors (Lipinski definition) is 6. The van der Waals surface area contributed by atoms with Crippen molar-refractivity contribution < 1.29 is 29.0 Å². The smallest absolute Gasteiger partial charge is 0.309 e. The van der Waals surface area contributed by atoms with Crippen LogP contribution in [0, 0.1) is 39.4 Å². The number of benzene rings is 1. The van der Waals surface area contributed by atoms with E-state index in [9.17, 15) is 24.8 Å². The summed E-state index contributed by atoms with van der Waals surface area (Å²) in [6.45, 7) is 6.80. The van der Waals surface area contributed by atoms with Crippen LogP contribution in [0.3, 0.4) is 0 Å². The van der Waals surface area contributed by atoms with E-state index in [2.05, 4.69) is 30.6 Å². The van der Waals surface area contributed by atoms with Gasteiger partial charge in [0.1, 0.15) is 17.6 Å². The average Bonchev–Trinajstić information content (AvgIpc) is 3.45. The number of carbonyl (C=O) groups is 3. The van der Waals surface area contributed by atoms with Gasteiger partial charge in [0.05, 0.1) is 35.7 Å². The Morgan fingerprint density at radius 2 is 1.76 bits per heavy atom. The highest BCUT2D eigenvalue weighted by Gasteiger charge is 2.58. The third-order valence-corrected chi connectivity index (χ3v) is 10.8. The van der Waals surface area contributed by atoms with Crippen LogP contribution in [-0.4, -0.2) is 48.7 Å². The fraction of sp³-hybridized carbons (Fsp3) is 0.688. The molecule has 5 rings (SSSR count). The number of amides is 2. The van der Waals surface area contributed by atoms with Crippen LogP contribution in [0.1, 0.15) is 101 Å². The summed E-state index contributed by atoms with van der Waals surface area (Å²) in [6.07, 6.45) is 8.08. The molecule has 3 N–H and O–H groups in total. The molecular formula is C32H43N3O6. The summed E-state index contributed by atoms with van der Waals surface area (Å²) in [5.74, 6) is -0.676. The van der Waals surface area contributed by atoms with E-state index in [0.717, 1.165) is 32.1 Å². The van der Waals surface area contributed by atoms with Gasteiger partial charge in [0.2, 0.25) is 5.91 Å². The lowest BCUT2D eigenvalue weighted by atomic mass is 9.70. The second-order valence-electron chi connectivity index (χ2n) is 13.9. The van der Waals surface area contributed by atoms with Crippen molar-refractivity contribution in [2.75, 3.05) is 13.7 Å². The van der Waals surface area contributed by atoms with Gasteiger partial charge in [-0.2, -0.15) is 5.26 Å². The predicted molar refractivity (Wildman–Crippen MR) is 151 cm³/mol. The Kier molecular flexibility index (Phi) is 7.73. The summed E-state index contributed by atoms with van der Waals surface area (Å²) in [6, 6.07) is 4.92. The second kappa shape index (κ2) is 10.8. The highest BCUT2D eigenvalue weighted by atomic mass is 16.5. The molecule has 2 bridgehead atoms. The Labute approximate surface area is 242 Å². The number of carboxylic acid groups (broad SMARTS) is 1. The van der Waals surface area contributed by atoms with Crippen LogP contribution in [0.5, 0.6) is 11.5 Å². The molecule has 41 heavy (non-hydrogen) atoms. The van der Waals surface area contributed by atoms with Gasteiger partial charge in [0.15, 0.2) is 0 Å². The van der Waals surface area contributed by atoms with Crippen molar-refractivity contribution in [3.63, 3.8) is 0 Å². The van der Waals surface area contributed by atoms with Gasteiger partial charge in [0.25, 0.3) is 5.91 Å². The average molecular weight is 566 g/mol. The van der Waals surface area contributed by atoms with Crippen LogP contribution in [0.15, 0.2) is 12.1 Å². The molecule has 0 radical (unpaired) electrons. The Morgan fingerprint density at radius 1 is 1.05 bits per heavy atom. The van der Waals surface area contributed by atoms with Crippen molar-refractivity contribution >= 4 is 17.8 Å². The van der Waals surface area contributed by atoms with Gasteiger partial charge in [0, 0.05) is 18.7 Å². The van der Waals surface area contributed by atoms with E-state index < -0.39 is 11.4 Å². The first-order valence-corrected chi connectivity index (χ1v) is 15.0. The molecule has 0 saturated heterocycles. The number of nitrogens with zero attached hydrogens (tertiary/aromatic N) is 1. The molecule has 9 nitrogen and oxygen atoms in total. The minimum Gasteiger partial charge on any atom is -0.496 e.